The van der Waals surface area contributed by atoms with Crippen LogP contribution in [0.25, 0.3) is 0 Å². The summed E-state index contributed by atoms with van der Waals surface area (Å²) in [6, 6.07) is 4.10. The van der Waals surface area contributed by atoms with Crippen LogP contribution in [-0.2, 0) is 0 Å². The molecular weight excluding hydrogens is 246 g/mol. The summed E-state index contributed by atoms with van der Waals surface area (Å²) in [5, 5.41) is 11.6. The molecule has 0 aliphatic carbocycles. The van der Waals surface area contributed by atoms with E-state index in [1.165, 1.54) is 17.0 Å². The van der Waals surface area contributed by atoms with Crippen LogP contribution in [0.2, 0.25) is 0 Å². The second-order valence-electron chi connectivity index (χ2n) is 4.05. The Morgan fingerprint density at radius 3 is 2.53 bits per heavy atom. The van der Waals surface area contributed by atoms with Crippen LogP contribution >= 0.6 is 0 Å². The van der Waals surface area contributed by atoms with Crippen molar-refractivity contribution in [2.75, 3.05) is 23.7 Å². The smallest absolute Gasteiger partial charge is 0.335 e. The maximum Gasteiger partial charge on any atom is 0.335 e. The predicted octanol–water partition coefficient (Wildman–Crippen LogP) is 1.91. The molecule has 0 atom stereocenters. The highest BCUT2D eigenvalue weighted by molar-refractivity contribution is 5.97. The largest absolute Gasteiger partial charge is 0.478 e. The number of hydrogen-bond acceptors (Lipinski definition) is 3. The van der Waals surface area contributed by atoms with Gasteiger partial charge in [0.05, 0.1) is 16.9 Å². The molecule has 0 fully saturated rings. The Kier molecular flexibility index (Phi) is 5.17. The summed E-state index contributed by atoms with van der Waals surface area (Å²) in [5.74, 6) is -1.04. The first-order valence-corrected chi connectivity index (χ1v) is 6.19. The number of carbonyl (C=O) groups excluding carboxylic acids is 1. The standard InChI is InChI=1S/C13H19N3O3/c1-3-7-15-13(19)16(4-2)11-6-5-9(12(17)18)8-10(11)14/h5-6,8H,3-4,7,14H2,1-2H3,(H,15,19)(H,17,18). The van der Waals surface area contributed by atoms with E-state index in [4.69, 9.17) is 10.8 Å². The number of nitrogens with zero attached hydrogens (tertiary/aromatic N) is 1. The fourth-order valence-electron chi connectivity index (χ4n) is 1.68. The summed E-state index contributed by atoms with van der Waals surface area (Å²) in [7, 11) is 0. The van der Waals surface area contributed by atoms with Gasteiger partial charge in [0, 0.05) is 13.1 Å². The Balaban J connectivity index is 2.99. The van der Waals surface area contributed by atoms with E-state index in [2.05, 4.69) is 5.32 Å². The Bertz CT molecular complexity index is 474. The molecule has 0 heterocycles. The molecule has 104 valence electrons. The lowest BCUT2D eigenvalue weighted by molar-refractivity contribution is 0.0697. The number of carbonyl (C=O) groups is 2. The molecule has 2 amide bonds. The fraction of sp³-hybridized carbons (Fsp3) is 0.385. The molecule has 0 saturated carbocycles. The summed E-state index contributed by atoms with van der Waals surface area (Å²) < 4.78 is 0. The van der Waals surface area contributed by atoms with Gasteiger partial charge in [-0.15, -0.1) is 0 Å². The molecular formula is C13H19N3O3. The van der Waals surface area contributed by atoms with Gasteiger partial charge in [0.25, 0.3) is 0 Å². The number of benzene rings is 1. The lowest BCUT2D eigenvalue weighted by atomic mass is 10.1. The van der Waals surface area contributed by atoms with Crippen molar-refractivity contribution in [3.63, 3.8) is 0 Å². The van der Waals surface area contributed by atoms with Gasteiger partial charge in [-0.1, -0.05) is 6.92 Å². The summed E-state index contributed by atoms with van der Waals surface area (Å²) in [5.41, 5.74) is 6.71. The molecule has 0 spiro atoms. The third kappa shape index (κ3) is 3.61. The van der Waals surface area contributed by atoms with Gasteiger partial charge < -0.3 is 16.2 Å². The van der Waals surface area contributed by atoms with Gasteiger partial charge in [0.2, 0.25) is 0 Å². The van der Waals surface area contributed by atoms with E-state index in [9.17, 15) is 9.59 Å². The van der Waals surface area contributed by atoms with Crippen LogP contribution in [-0.4, -0.2) is 30.2 Å². The van der Waals surface area contributed by atoms with E-state index in [0.29, 0.717) is 18.8 Å². The van der Waals surface area contributed by atoms with Crippen LogP contribution < -0.4 is 16.0 Å². The summed E-state index contributed by atoms with van der Waals surface area (Å²) in [6.07, 6.45) is 0.844. The maximum atomic E-state index is 11.9. The number of nitrogens with one attached hydrogen (secondary N) is 1. The first kappa shape index (κ1) is 14.8. The van der Waals surface area contributed by atoms with Crippen molar-refractivity contribution < 1.29 is 14.7 Å². The quantitative estimate of drug-likeness (QED) is 0.709. The average molecular weight is 265 g/mol. The molecule has 0 aromatic heterocycles. The van der Waals surface area contributed by atoms with Crippen molar-refractivity contribution in [1.29, 1.82) is 0 Å². The van der Waals surface area contributed by atoms with Crippen LogP contribution in [0.4, 0.5) is 16.2 Å². The van der Waals surface area contributed by atoms with Gasteiger partial charge in [-0.25, -0.2) is 9.59 Å². The summed E-state index contributed by atoms with van der Waals surface area (Å²) in [4.78, 5) is 24.3. The average Bonchev–Trinajstić information content (AvgIpc) is 2.38. The molecule has 0 radical (unpaired) electrons. The fourth-order valence-corrected chi connectivity index (χ4v) is 1.68. The maximum absolute atomic E-state index is 11.9. The Labute approximate surface area is 112 Å². The van der Waals surface area contributed by atoms with E-state index in [0.717, 1.165) is 6.42 Å². The molecule has 4 N–H and O–H groups in total. The first-order chi connectivity index (χ1) is 9.01. The first-order valence-electron chi connectivity index (χ1n) is 6.19. The second-order valence-corrected chi connectivity index (χ2v) is 4.05. The van der Waals surface area contributed by atoms with Gasteiger partial charge in [0.15, 0.2) is 0 Å². The van der Waals surface area contributed by atoms with E-state index < -0.39 is 5.97 Å². The molecule has 0 bridgehead atoms. The normalized spacial score (nSPS) is 10.0. The lowest BCUT2D eigenvalue weighted by Crippen LogP contribution is -2.40. The molecule has 19 heavy (non-hydrogen) atoms. The molecule has 1 aromatic carbocycles. The number of aromatic carboxylic acids is 1. The van der Waals surface area contributed by atoms with E-state index >= 15 is 0 Å². The van der Waals surface area contributed by atoms with E-state index in [1.54, 1.807) is 6.07 Å². The predicted molar refractivity (Wildman–Crippen MR) is 74.5 cm³/mol. The number of nitrogen functional groups attached to an aromatic ring is 1. The lowest BCUT2D eigenvalue weighted by Gasteiger charge is -2.23. The number of rotatable bonds is 5. The Hall–Kier alpha value is -2.24. The van der Waals surface area contributed by atoms with Crippen molar-refractivity contribution in [3.05, 3.63) is 23.8 Å². The van der Waals surface area contributed by atoms with E-state index in [1.807, 2.05) is 13.8 Å². The van der Waals surface area contributed by atoms with Crippen LogP contribution in [0.1, 0.15) is 30.6 Å². The third-order valence-corrected chi connectivity index (χ3v) is 2.65. The molecule has 6 heteroatoms. The van der Waals surface area contributed by atoms with Crippen molar-refractivity contribution in [2.24, 2.45) is 0 Å². The van der Waals surface area contributed by atoms with Crippen molar-refractivity contribution in [2.45, 2.75) is 20.3 Å². The molecule has 6 nitrogen and oxygen atoms in total. The highest BCUT2D eigenvalue weighted by Crippen LogP contribution is 2.24. The number of carboxylic acids is 1. The zero-order valence-electron chi connectivity index (χ0n) is 11.1. The van der Waals surface area contributed by atoms with Crippen molar-refractivity contribution >= 4 is 23.4 Å². The topological polar surface area (TPSA) is 95.7 Å². The Morgan fingerprint density at radius 1 is 1.37 bits per heavy atom. The van der Waals surface area contributed by atoms with Gasteiger partial charge in [-0.3, -0.25) is 4.90 Å². The summed E-state index contributed by atoms with van der Waals surface area (Å²) in [6.45, 7) is 4.83. The van der Waals surface area contributed by atoms with Gasteiger partial charge in [0.1, 0.15) is 0 Å². The highest BCUT2D eigenvalue weighted by Gasteiger charge is 2.16. The minimum Gasteiger partial charge on any atom is -0.478 e. The third-order valence-electron chi connectivity index (χ3n) is 2.65. The molecule has 0 saturated heterocycles. The van der Waals surface area contributed by atoms with Gasteiger partial charge >= 0.3 is 12.0 Å². The van der Waals surface area contributed by atoms with Gasteiger partial charge in [-0.2, -0.15) is 0 Å². The Morgan fingerprint density at radius 2 is 2.05 bits per heavy atom. The molecule has 1 aromatic rings. The number of nitrogens with two attached hydrogens (primary N) is 1. The van der Waals surface area contributed by atoms with Crippen LogP contribution in [0.15, 0.2) is 18.2 Å². The second kappa shape index (κ2) is 6.63. The summed E-state index contributed by atoms with van der Waals surface area (Å²) >= 11 is 0. The van der Waals surface area contributed by atoms with E-state index in [-0.39, 0.29) is 17.3 Å². The number of hydrogen-bond donors (Lipinski definition) is 3. The zero-order chi connectivity index (χ0) is 14.4. The van der Waals surface area contributed by atoms with Crippen molar-refractivity contribution in [1.82, 2.24) is 5.32 Å². The monoisotopic (exact) mass is 265 g/mol. The molecule has 0 unspecified atom stereocenters. The van der Waals surface area contributed by atoms with Crippen LogP contribution in [0, 0.1) is 0 Å². The SMILES string of the molecule is CCCNC(=O)N(CC)c1ccc(C(=O)O)cc1N. The molecule has 0 aliphatic heterocycles. The van der Waals surface area contributed by atoms with Crippen molar-refractivity contribution in [3.8, 4) is 0 Å². The number of urea groups is 1. The minimum absolute atomic E-state index is 0.103. The molecule has 0 aliphatic rings. The number of amides is 2. The number of carboxylic acid groups (broad SMARTS) is 1. The van der Waals surface area contributed by atoms with Gasteiger partial charge in [-0.05, 0) is 31.5 Å². The molecule has 1 rings (SSSR count). The zero-order valence-corrected chi connectivity index (χ0v) is 11.1. The van der Waals surface area contributed by atoms with Crippen LogP contribution in [0.5, 0.6) is 0 Å². The minimum atomic E-state index is -1.04. The highest BCUT2D eigenvalue weighted by atomic mass is 16.4. The van der Waals surface area contributed by atoms with Crippen LogP contribution in [0.3, 0.4) is 0 Å². The number of anilines is 2.